The summed E-state index contributed by atoms with van der Waals surface area (Å²) in [5.41, 5.74) is 2.22. The Morgan fingerprint density at radius 1 is 1.16 bits per heavy atom. The van der Waals surface area contributed by atoms with Crippen molar-refractivity contribution in [1.29, 1.82) is 0 Å². The second kappa shape index (κ2) is 5.93. The predicted molar refractivity (Wildman–Crippen MR) is 71.4 cm³/mol. The van der Waals surface area contributed by atoms with Gasteiger partial charge in [0.25, 0.3) is 0 Å². The molecule has 0 aliphatic heterocycles. The van der Waals surface area contributed by atoms with Crippen molar-refractivity contribution in [1.82, 2.24) is 4.98 Å². The molecule has 0 aliphatic carbocycles. The van der Waals surface area contributed by atoms with Crippen LogP contribution in [0.3, 0.4) is 0 Å². The molecule has 0 radical (unpaired) electrons. The number of carboxylic acids is 1. The average Bonchev–Trinajstić information content (AvgIpc) is 2.46. The molecule has 0 fully saturated rings. The molecule has 2 N–H and O–H groups in total. The summed E-state index contributed by atoms with van der Waals surface area (Å²) in [6.45, 7) is 0. The van der Waals surface area contributed by atoms with Crippen molar-refractivity contribution in [3.05, 3.63) is 71.6 Å². The summed E-state index contributed by atoms with van der Waals surface area (Å²) in [5.74, 6) is -0.987. The van der Waals surface area contributed by atoms with Gasteiger partial charge in [-0.25, -0.2) is 4.79 Å². The highest BCUT2D eigenvalue weighted by atomic mass is 16.4. The van der Waals surface area contributed by atoms with Crippen LogP contribution in [0.2, 0.25) is 0 Å². The molecule has 1 atom stereocenters. The minimum atomic E-state index is -0.987. The first-order valence-electron chi connectivity index (χ1n) is 5.76. The number of carbonyl (C=O) groups is 1. The van der Waals surface area contributed by atoms with Crippen LogP contribution in [0, 0.1) is 0 Å². The van der Waals surface area contributed by atoms with Crippen molar-refractivity contribution in [2.45, 2.75) is 6.10 Å². The van der Waals surface area contributed by atoms with Gasteiger partial charge in [0.15, 0.2) is 0 Å². The Labute approximate surface area is 110 Å². The van der Waals surface area contributed by atoms with Crippen molar-refractivity contribution >= 4 is 12.0 Å². The van der Waals surface area contributed by atoms with Crippen LogP contribution in [-0.2, 0) is 4.79 Å². The van der Waals surface area contributed by atoms with Crippen molar-refractivity contribution in [2.75, 3.05) is 0 Å². The van der Waals surface area contributed by atoms with Crippen molar-refractivity contribution in [2.24, 2.45) is 0 Å². The number of hydrogen-bond donors (Lipinski definition) is 2. The Morgan fingerprint density at radius 3 is 2.47 bits per heavy atom. The molecule has 4 nitrogen and oxygen atoms in total. The normalized spacial score (nSPS) is 12.5. The molecule has 19 heavy (non-hydrogen) atoms. The van der Waals surface area contributed by atoms with E-state index < -0.39 is 12.1 Å². The summed E-state index contributed by atoms with van der Waals surface area (Å²) in [7, 11) is 0. The Hall–Kier alpha value is -2.46. The number of carboxylic acid groups (broad SMARTS) is 1. The second-order valence-corrected chi connectivity index (χ2v) is 4.03. The van der Waals surface area contributed by atoms with Crippen LogP contribution in [0.4, 0.5) is 0 Å². The average molecular weight is 255 g/mol. The number of aliphatic hydroxyl groups is 1. The van der Waals surface area contributed by atoms with Gasteiger partial charge in [0, 0.05) is 24.0 Å². The second-order valence-electron chi connectivity index (χ2n) is 4.03. The first-order chi connectivity index (χ1) is 9.16. The molecule has 1 unspecified atom stereocenters. The van der Waals surface area contributed by atoms with Crippen molar-refractivity contribution < 1.29 is 15.0 Å². The zero-order chi connectivity index (χ0) is 13.7. The van der Waals surface area contributed by atoms with E-state index in [1.54, 1.807) is 48.8 Å². The summed E-state index contributed by atoms with van der Waals surface area (Å²) in [6.07, 6.45) is 5.11. The fourth-order valence-electron chi connectivity index (χ4n) is 1.69. The first kappa shape index (κ1) is 13.0. The Balaban J connectivity index is 2.16. The van der Waals surface area contributed by atoms with E-state index in [0.717, 1.165) is 22.8 Å². The van der Waals surface area contributed by atoms with Crippen LogP contribution in [0.15, 0.2) is 54.9 Å². The first-order valence-corrected chi connectivity index (χ1v) is 5.76. The van der Waals surface area contributed by atoms with Crippen molar-refractivity contribution in [3.63, 3.8) is 0 Å². The number of hydrogen-bond acceptors (Lipinski definition) is 3. The molecule has 0 spiro atoms. The molecule has 0 bridgehead atoms. The van der Waals surface area contributed by atoms with Gasteiger partial charge in [-0.2, -0.15) is 0 Å². The lowest BCUT2D eigenvalue weighted by Gasteiger charge is -2.10. The molecule has 1 aromatic heterocycles. The fourth-order valence-corrected chi connectivity index (χ4v) is 1.69. The van der Waals surface area contributed by atoms with Gasteiger partial charge < -0.3 is 10.2 Å². The summed E-state index contributed by atoms with van der Waals surface area (Å²) in [4.78, 5) is 14.4. The van der Waals surface area contributed by atoms with Crippen LogP contribution < -0.4 is 0 Å². The minimum absolute atomic E-state index is 0.719. The smallest absolute Gasteiger partial charge is 0.328 e. The number of nitrogens with zero attached hydrogens (tertiary/aromatic N) is 1. The maximum absolute atomic E-state index is 10.4. The van der Waals surface area contributed by atoms with Gasteiger partial charge in [0.05, 0.1) is 0 Å². The van der Waals surface area contributed by atoms with E-state index >= 15 is 0 Å². The molecular formula is C15H13NO3. The zero-order valence-electron chi connectivity index (χ0n) is 10.1. The highest BCUT2D eigenvalue weighted by molar-refractivity contribution is 5.85. The SMILES string of the molecule is O=C(O)C=Cc1ccc(C(O)c2cccnc2)cc1. The van der Waals surface area contributed by atoms with Gasteiger partial charge >= 0.3 is 5.97 Å². The molecule has 0 saturated carbocycles. The van der Waals surface area contributed by atoms with Crippen LogP contribution in [0.5, 0.6) is 0 Å². The van der Waals surface area contributed by atoms with E-state index in [4.69, 9.17) is 5.11 Å². The molecule has 0 aliphatic rings. The zero-order valence-corrected chi connectivity index (χ0v) is 10.1. The third-order valence-corrected chi connectivity index (χ3v) is 2.67. The Bertz CT molecular complexity index is 576. The van der Waals surface area contributed by atoms with Gasteiger partial charge in [0.1, 0.15) is 6.10 Å². The largest absolute Gasteiger partial charge is 0.478 e. The van der Waals surface area contributed by atoms with Crippen LogP contribution >= 0.6 is 0 Å². The molecule has 2 rings (SSSR count). The van der Waals surface area contributed by atoms with E-state index in [0.29, 0.717) is 0 Å². The summed E-state index contributed by atoms with van der Waals surface area (Å²) in [6, 6.07) is 10.6. The van der Waals surface area contributed by atoms with E-state index in [-0.39, 0.29) is 0 Å². The molecule has 0 saturated heterocycles. The molecule has 2 aromatic rings. The van der Waals surface area contributed by atoms with E-state index in [1.807, 2.05) is 0 Å². The molecule has 1 aromatic carbocycles. The van der Waals surface area contributed by atoms with E-state index in [9.17, 15) is 9.90 Å². The quantitative estimate of drug-likeness (QED) is 0.822. The van der Waals surface area contributed by atoms with Gasteiger partial charge in [-0.3, -0.25) is 4.98 Å². The van der Waals surface area contributed by atoms with Crippen LogP contribution in [0.25, 0.3) is 6.08 Å². The molecule has 96 valence electrons. The monoisotopic (exact) mass is 255 g/mol. The minimum Gasteiger partial charge on any atom is -0.478 e. The van der Waals surface area contributed by atoms with Gasteiger partial charge in [-0.1, -0.05) is 30.3 Å². The maximum Gasteiger partial charge on any atom is 0.328 e. The standard InChI is InChI=1S/C15H13NO3/c17-14(18)8-5-11-3-6-12(7-4-11)15(19)13-2-1-9-16-10-13/h1-10,15,19H,(H,17,18). The lowest BCUT2D eigenvalue weighted by Crippen LogP contribution is -1.99. The molecule has 4 heteroatoms. The van der Waals surface area contributed by atoms with Crippen LogP contribution in [-0.4, -0.2) is 21.2 Å². The Morgan fingerprint density at radius 2 is 1.89 bits per heavy atom. The number of benzene rings is 1. The molecule has 0 amide bonds. The third-order valence-electron chi connectivity index (χ3n) is 2.67. The lowest BCUT2D eigenvalue weighted by atomic mass is 10.0. The van der Waals surface area contributed by atoms with Crippen LogP contribution in [0.1, 0.15) is 22.8 Å². The van der Waals surface area contributed by atoms with Gasteiger partial charge in [0.2, 0.25) is 0 Å². The number of aliphatic hydroxyl groups excluding tert-OH is 1. The highest BCUT2D eigenvalue weighted by Crippen LogP contribution is 2.21. The number of aliphatic carboxylic acids is 1. The summed E-state index contributed by atoms with van der Waals surface area (Å²) in [5, 5.41) is 18.7. The number of rotatable bonds is 4. The summed E-state index contributed by atoms with van der Waals surface area (Å²) >= 11 is 0. The maximum atomic E-state index is 10.4. The predicted octanol–water partition coefficient (Wildman–Crippen LogP) is 2.26. The van der Waals surface area contributed by atoms with Gasteiger partial charge in [-0.15, -0.1) is 0 Å². The number of aromatic nitrogens is 1. The topological polar surface area (TPSA) is 70.4 Å². The molecule has 1 heterocycles. The van der Waals surface area contributed by atoms with Crippen molar-refractivity contribution in [3.8, 4) is 0 Å². The third kappa shape index (κ3) is 3.50. The van der Waals surface area contributed by atoms with E-state index in [1.165, 1.54) is 6.08 Å². The van der Waals surface area contributed by atoms with Gasteiger partial charge in [-0.05, 0) is 23.3 Å². The number of pyridine rings is 1. The fraction of sp³-hybridized carbons (Fsp3) is 0.0667. The van der Waals surface area contributed by atoms with E-state index in [2.05, 4.69) is 4.98 Å². The molecular weight excluding hydrogens is 242 g/mol. The summed E-state index contributed by atoms with van der Waals surface area (Å²) < 4.78 is 0. The Kier molecular flexibility index (Phi) is 4.05. The lowest BCUT2D eigenvalue weighted by molar-refractivity contribution is -0.131. The highest BCUT2D eigenvalue weighted by Gasteiger charge is 2.09.